The van der Waals surface area contributed by atoms with Crippen LogP contribution in [0.3, 0.4) is 0 Å². The zero-order chi connectivity index (χ0) is 17.8. The quantitative estimate of drug-likeness (QED) is 0.458. The van der Waals surface area contributed by atoms with Crippen molar-refractivity contribution in [3.63, 3.8) is 0 Å². The van der Waals surface area contributed by atoms with E-state index < -0.39 is 0 Å². The molecule has 4 aromatic rings. The molecule has 0 fully saturated rings. The number of phenolic OH excluding ortho intramolecular Hbond substituents is 1. The molecule has 0 aliphatic rings. The van der Waals surface area contributed by atoms with Crippen LogP contribution in [0.4, 0.5) is 0 Å². The summed E-state index contributed by atoms with van der Waals surface area (Å²) in [6, 6.07) is 32.6. The van der Waals surface area contributed by atoms with E-state index in [1.165, 1.54) is 0 Å². The fourth-order valence-corrected chi connectivity index (χ4v) is 3.42. The van der Waals surface area contributed by atoms with E-state index in [-0.39, 0.29) is 5.92 Å². The van der Waals surface area contributed by atoms with Gasteiger partial charge in [0, 0.05) is 11.5 Å². The number of benzene rings is 4. The van der Waals surface area contributed by atoms with Gasteiger partial charge in [-0.3, -0.25) is 0 Å². The van der Waals surface area contributed by atoms with Gasteiger partial charge < -0.3 is 5.11 Å². The average molecular weight is 336 g/mol. The standard InChI is InChI=1S/C25H20O/c26-24-18-16-21-13-7-8-14-22(21)25(24)23(20-11-5-2-6-12-20)17-15-19-9-3-1-4-10-19/h1-18,23,26H/b17-15+. The first-order valence-electron chi connectivity index (χ1n) is 8.82. The maximum Gasteiger partial charge on any atom is 0.120 e. The van der Waals surface area contributed by atoms with Crippen molar-refractivity contribution in [3.05, 3.63) is 120 Å². The zero-order valence-corrected chi connectivity index (χ0v) is 14.4. The van der Waals surface area contributed by atoms with Crippen LogP contribution in [0.25, 0.3) is 16.8 Å². The summed E-state index contributed by atoms with van der Waals surface area (Å²) in [4.78, 5) is 0. The molecule has 1 atom stereocenters. The van der Waals surface area contributed by atoms with Gasteiger partial charge in [0.1, 0.15) is 5.75 Å². The average Bonchev–Trinajstić information content (AvgIpc) is 2.71. The van der Waals surface area contributed by atoms with Crippen LogP contribution >= 0.6 is 0 Å². The van der Waals surface area contributed by atoms with Crippen LogP contribution in [-0.4, -0.2) is 5.11 Å². The zero-order valence-electron chi connectivity index (χ0n) is 14.4. The molecule has 0 spiro atoms. The highest BCUT2D eigenvalue weighted by molar-refractivity contribution is 5.89. The molecule has 0 radical (unpaired) electrons. The summed E-state index contributed by atoms with van der Waals surface area (Å²) in [5, 5.41) is 12.9. The molecule has 0 aliphatic carbocycles. The second-order valence-electron chi connectivity index (χ2n) is 6.38. The minimum Gasteiger partial charge on any atom is -0.508 e. The van der Waals surface area contributed by atoms with Gasteiger partial charge in [-0.1, -0.05) is 103 Å². The molecule has 1 nitrogen and oxygen atoms in total. The Hall–Kier alpha value is -3.32. The Morgan fingerprint density at radius 3 is 2.08 bits per heavy atom. The van der Waals surface area contributed by atoms with Crippen LogP contribution in [0.5, 0.6) is 5.75 Å². The highest BCUT2D eigenvalue weighted by Crippen LogP contribution is 2.38. The first-order valence-corrected chi connectivity index (χ1v) is 8.82. The first-order chi connectivity index (χ1) is 12.8. The van der Waals surface area contributed by atoms with Crippen LogP contribution in [0.15, 0.2) is 103 Å². The van der Waals surface area contributed by atoms with Crippen molar-refractivity contribution in [1.82, 2.24) is 0 Å². The van der Waals surface area contributed by atoms with Crippen molar-refractivity contribution in [1.29, 1.82) is 0 Å². The Balaban J connectivity index is 1.89. The maximum atomic E-state index is 10.7. The molecule has 0 amide bonds. The smallest absolute Gasteiger partial charge is 0.120 e. The molecule has 1 N–H and O–H groups in total. The van der Waals surface area contributed by atoms with Gasteiger partial charge in [0.05, 0.1) is 0 Å². The minimum absolute atomic E-state index is 0.0255. The molecular weight excluding hydrogens is 316 g/mol. The van der Waals surface area contributed by atoms with Gasteiger partial charge in [0.25, 0.3) is 0 Å². The minimum atomic E-state index is -0.0255. The van der Waals surface area contributed by atoms with E-state index in [0.717, 1.165) is 27.5 Å². The highest BCUT2D eigenvalue weighted by Gasteiger charge is 2.18. The molecule has 0 saturated carbocycles. The molecule has 0 saturated heterocycles. The Bertz CT molecular complexity index is 1030. The van der Waals surface area contributed by atoms with E-state index in [1.807, 2.05) is 54.6 Å². The Labute approximate surface area is 153 Å². The van der Waals surface area contributed by atoms with Gasteiger partial charge in [-0.15, -0.1) is 0 Å². The molecule has 0 bridgehead atoms. The summed E-state index contributed by atoms with van der Waals surface area (Å²) in [7, 11) is 0. The summed E-state index contributed by atoms with van der Waals surface area (Å²) in [6.45, 7) is 0. The number of rotatable bonds is 4. The first kappa shape index (κ1) is 16.2. The van der Waals surface area contributed by atoms with Crippen LogP contribution in [0.1, 0.15) is 22.6 Å². The van der Waals surface area contributed by atoms with Crippen LogP contribution in [-0.2, 0) is 0 Å². The number of hydrogen-bond acceptors (Lipinski definition) is 1. The highest BCUT2D eigenvalue weighted by atomic mass is 16.3. The third-order valence-electron chi connectivity index (χ3n) is 4.70. The lowest BCUT2D eigenvalue weighted by Crippen LogP contribution is -1.99. The van der Waals surface area contributed by atoms with Crippen molar-refractivity contribution in [2.45, 2.75) is 5.92 Å². The molecule has 0 aromatic heterocycles. The maximum absolute atomic E-state index is 10.7. The predicted octanol–water partition coefficient (Wildman–Crippen LogP) is 6.39. The van der Waals surface area contributed by atoms with E-state index in [4.69, 9.17) is 0 Å². The van der Waals surface area contributed by atoms with Gasteiger partial charge in [0.15, 0.2) is 0 Å². The third-order valence-corrected chi connectivity index (χ3v) is 4.70. The topological polar surface area (TPSA) is 20.2 Å². The van der Waals surface area contributed by atoms with Crippen LogP contribution in [0.2, 0.25) is 0 Å². The predicted molar refractivity (Wildman–Crippen MR) is 109 cm³/mol. The van der Waals surface area contributed by atoms with Gasteiger partial charge in [-0.05, 0) is 28.0 Å². The van der Waals surface area contributed by atoms with E-state index >= 15 is 0 Å². The number of allylic oxidation sites excluding steroid dienone is 1. The van der Waals surface area contributed by atoms with Crippen LogP contribution in [0, 0.1) is 0 Å². The summed E-state index contributed by atoms with van der Waals surface area (Å²) in [5.74, 6) is 0.303. The van der Waals surface area contributed by atoms with E-state index in [1.54, 1.807) is 6.07 Å². The van der Waals surface area contributed by atoms with Crippen molar-refractivity contribution in [3.8, 4) is 5.75 Å². The fraction of sp³-hybridized carbons (Fsp3) is 0.0400. The third kappa shape index (κ3) is 3.25. The number of phenols is 1. The monoisotopic (exact) mass is 336 g/mol. The van der Waals surface area contributed by atoms with Gasteiger partial charge >= 0.3 is 0 Å². The van der Waals surface area contributed by atoms with Crippen LogP contribution < -0.4 is 0 Å². The molecular formula is C25H20O. The summed E-state index contributed by atoms with van der Waals surface area (Å²) in [5.41, 5.74) is 3.25. The Morgan fingerprint density at radius 1 is 0.654 bits per heavy atom. The van der Waals surface area contributed by atoms with E-state index in [0.29, 0.717) is 5.75 Å². The second kappa shape index (κ2) is 7.28. The molecule has 126 valence electrons. The molecule has 0 heterocycles. The fourth-order valence-electron chi connectivity index (χ4n) is 3.42. The molecule has 1 unspecified atom stereocenters. The normalized spacial score (nSPS) is 12.5. The van der Waals surface area contributed by atoms with E-state index in [9.17, 15) is 5.11 Å². The van der Waals surface area contributed by atoms with Gasteiger partial charge in [0.2, 0.25) is 0 Å². The Kier molecular flexibility index (Phi) is 4.53. The number of hydrogen-bond donors (Lipinski definition) is 1. The lowest BCUT2D eigenvalue weighted by atomic mass is 9.86. The molecule has 1 heteroatoms. The van der Waals surface area contributed by atoms with Crippen molar-refractivity contribution in [2.24, 2.45) is 0 Å². The summed E-state index contributed by atoms with van der Waals surface area (Å²) >= 11 is 0. The van der Waals surface area contributed by atoms with E-state index in [2.05, 4.69) is 48.6 Å². The molecule has 4 rings (SSSR count). The number of fused-ring (bicyclic) bond motifs is 1. The van der Waals surface area contributed by atoms with Gasteiger partial charge in [-0.2, -0.15) is 0 Å². The van der Waals surface area contributed by atoms with Crippen molar-refractivity contribution >= 4 is 16.8 Å². The number of aromatic hydroxyl groups is 1. The molecule has 4 aromatic carbocycles. The lowest BCUT2D eigenvalue weighted by Gasteiger charge is -2.18. The van der Waals surface area contributed by atoms with Crippen molar-refractivity contribution in [2.75, 3.05) is 0 Å². The SMILES string of the molecule is Oc1ccc2ccccc2c1C(/C=C/c1ccccc1)c1ccccc1. The largest absolute Gasteiger partial charge is 0.508 e. The summed E-state index contributed by atoms with van der Waals surface area (Å²) in [6.07, 6.45) is 4.30. The molecule has 26 heavy (non-hydrogen) atoms. The Morgan fingerprint density at radius 2 is 1.31 bits per heavy atom. The van der Waals surface area contributed by atoms with Gasteiger partial charge in [-0.25, -0.2) is 0 Å². The summed E-state index contributed by atoms with van der Waals surface area (Å²) < 4.78 is 0. The molecule has 0 aliphatic heterocycles. The van der Waals surface area contributed by atoms with Crippen molar-refractivity contribution < 1.29 is 5.11 Å². The second-order valence-corrected chi connectivity index (χ2v) is 6.38. The lowest BCUT2D eigenvalue weighted by molar-refractivity contribution is 0.469.